The van der Waals surface area contributed by atoms with Crippen molar-refractivity contribution in [2.45, 2.75) is 4.90 Å². The Morgan fingerprint density at radius 1 is 1.15 bits per heavy atom. The van der Waals surface area contributed by atoms with Gasteiger partial charge in [-0.2, -0.15) is 5.10 Å². The van der Waals surface area contributed by atoms with Crippen LogP contribution in [0.15, 0.2) is 82.8 Å². The third-order valence-corrected chi connectivity index (χ3v) is 6.52. The van der Waals surface area contributed by atoms with Crippen LogP contribution in [0.5, 0.6) is 5.75 Å². The summed E-state index contributed by atoms with van der Waals surface area (Å²) in [5.41, 5.74) is 2.54. The minimum absolute atomic E-state index is 0.0371. The largest absolute Gasteiger partial charge is 0.495 e. The van der Waals surface area contributed by atoms with Gasteiger partial charge in [0.25, 0.3) is 21.6 Å². The molecule has 12 heteroatoms. The molecule has 0 fully saturated rings. The van der Waals surface area contributed by atoms with Crippen molar-refractivity contribution >= 4 is 45.1 Å². The maximum Gasteiger partial charge on any atom is 0.270 e. The fourth-order valence-electron chi connectivity index (χ4n) is 2.94. The lowest BCUT2D eigenvalue weighted by molar-refractivity contribution is -0.384. The number of rotatable bonds is 9. The second-order valence-electron chi connectivity index (χ2n) is 6.79. The highest BCUT2D eigenvalue weighted by Crippen LogP contribution is 2.34. The average molecular weight is 503 g/mol. The van der Waals surface area contributed by atoms with Crippen molar-refractivity contribution in [3.63, 3.8) is 0 Å². The molecule has 0 spiro atoms. The first-order valence-electron chi connectivity index (χ1n) is 9.70. The van der Waals surface area contributed by atoms with Crippen LogP contribution in [0.1, 0.15) is 5.56 Å². The number of methoxy groups -OCH3 is 1. The van der Waals surface area contributed by atoms with Crippen LogP contribution >= 0.6 is 11.6 Å². The summed E-state index contributed by atoms with van der Waals surface area (Å²) in [6.07, 6.45) is 1.21. The maximum atomic E-state index is 13.4. The number of hydrazone groups is 1. The highest BCUT2D eigenvalue weighted by molar-refractivity contribution is 7.92. The SMILES string of the molecule is COc1ccc(Cl)cc1N(CC(=O)N/N=C\c1cccc([N+](=O)[O-])c1)S(=O)(=O)c1ccccc1. The molecule has 176 valence electrons. The van der Waals surface area contributed by atoms with Crippen molar-refractivity contribution in [2.24, 2.45) is 5.10 Å². The van der Waals surface area contributed by atoms with Gasteiger partial charge >= 0.3 is 0 Å². The Labute approximate surface area is 200 Å². The zero-order valence-electron chi connectivity index (χ0n) is 17.8. The van der Waals surface area contributed by atoms with Gasteiger partial charge in [-0.25, -0.2) is 13.8 Å². The monoisotopic (exact) mass is 502 g/mol. The summed E-state index contributed by atoms with van der Waals surface area (Å²) >= 11 is 6.09. The van der Waals surface area contributed by atoms with Crippen LogP contribution in [0.2, 0.25) is 5.02 Å². The molecule has 0 atom stereocenters. The second-order valence-corrected chi connectivity index (χ2v) is 9.08. The summed E-state index contributed by atoms with van der Waals surface area (Å²) in [5, 5.41) is 14.9. The number of carbonyl (C=O) groups is 1. The number of hydrogen-bond acceptors (Lipinski definition) is 7. The van der Waals surface area contributed by atoms with Gasteiger partial charge in [-0.05, 0) is 30.3 Å². The summed E-state index contributed by atoms with van der Waals surface area (Å²) < 4.78 is 32.9. The van der Waals surface area contributed by atoms with Crippen LogP contribution in [-0.2, 0) is 14.8 Å². The third-order valence-electron chi connectivity index (χ3n) is 4.51. The molecular weight excluding hydrogens is 484 g/mol. The third kappa shape index (κ3) is 5.88. The molecule has 10 nitrogen and oxygen atoms in total. The molecule has 0 radical (unpaired) electrons. The van der Waals surface area contributed by atoms with Crippen molar-refractivity contribution in [1.29, 1.82) is 0 Å². The highest BCUT2D eigenvalue weighted by Gasteiger charge is 2.29. The molecular formula is C22H19ClN4O6S. The summed E-state index contributed by atoms with van der Waals surface area (Å²) in [7, 11) is -2.82. The smallest absolute Gasteiger partial charge is 0.270 e. The number of ether oxygens (including phenoxy) is 1. The zero-order valence-corrected chi connectivity index (χ0v) is 19.4. The van der Waals surface area contributed by atoms with E-state index in [4.69, 9.17) is 16.3 Å². The van der Waals surface area contributed by atoms with Gasteiger partial charge < -0.3 is 4.74 Å². The lowest BCUT2D eigenvalue weighted by atomic mass is 10.2. The number of amides is 1. The van der Waals surface area contributed by atoms with Gasteiger partial charge in [-0.15, -0.1) is 0 Å². The Morgan fingerprint density at radius 2 is 1.88 bits per heavy atom. The Hall–Kier alpha value is -3.96. The van der Waals surface area contributed by atoms with Crippen LogP contribution in [0, 0.1) is 10.1 Å². The molecule has 34 heavy (non-hydrogen) atoms. The lowest BCUT2D eigenvalue weighted by Crippen LogP contribution is -2.39. The van der Waals surface area contributed by atoms with E-state index in [9.17, 15) is 23.3 Å². The molecule has 0 heterocycles. The summed E-state index contributed by atoms with van der Waals surface area (Å²) in [6, 6.07) is 17.6. The van der Waals surface area contributed by atoms with Crippen LogP contribution < -0.4 is 14.5 Å². The minimum Gasteiger partial charge on any atom is -0.495 e. The zero-order chi connectivity index (χ0) is 24.7. The molecule has 3 aromatic carbocycles. The number of carbonyl (C=O) groups excluding carboxylic acids is 1. The first kappa shape index (κ1) is 24.7. The van der Waals surface area contributed by atoms with Crippen LogP contribution in [0.25, 0.3) is 0 Å². The van der Waals surface area contributed by atoms with E-state index in [-0.39, 0.29) is 27.0 Å². The highest BCUT2D eigenvalue weighted by atomic mass is 35.5. The molecule has 0 saturated carbocycles. The number of nitro benzene ring substituents is 1. The molecule has 3 aromatic rings. The van der Waals surface area contributed by atoms with Crippen LogP contribution in [-0.4, -0.2) is 39.1 Å². The molecule has 1 N–H and O–H groups in total. The predicted octanol–water partition coefficient (Wildman–Crippen LogP) is 3.60. The van der Waals surface area contributed by atoms with Gasteiger partial charge in [0.15, 0.2) is 0 Å². The number of nitrogens with one attached hydrogen (secondary N) is 1. The van der Waals surface area contributed by atoms with Gasteiger partial charge in [-0.1, -0.05) is 41.9 Å². The number of nitrogens with zero attached hydrogens (tertiary/aromatic N) is 3. The van der Waals surface area contributed by atoms with Crippen molar-refractivity contribution in [3.05, 3.63) is 93.5 Å². The normalized spacial score (nSPS) is 11.2. The van der Waals surface area contributed by atoms with Crippen molar-refractivity contribution < 1.29 is 22.9 Å². The number of benzene rings is 3. The molecule has 0 aromatic heterocycles. The topological polar surface area (TPSA) is 131 Å². The van der Waals surface area contributed by atoms with E-state index in [1.54, 1.807) is 24.3 Å². The number of hydrogen-bond donors (Lipinski definition) is 1. The first-order valence-corrected chi connectivity index (χ1v) is 11.5. The lowest BCUT2D eigenvalue weighted by Gasteiger charge is -2.25. The van der Waals surface area contributed by atoms with Gasteiger partial charge in [0.1, 0.15) is 12.3 Å². The fraction of sp³-hybridized carbons (Fsp3) is 0.0909. The average Bonchev–Trinajstić information content (AvgIpc) is 2.83. The summed E-state index contributed by atoms with van der Waals surface area (Å²) in [4.78, 5) is 22.9. The van der Waals surface area contributed by atoms with Crippen molar-refractivity contribution in [1.82, 2.24) is 5.43 Å². The van der Waals surface area contributed by atoms with Crippen LogP contribution in [0.4, 0.5) is 11.4 Å². The van der Waals surface area contributed by atoms with E-state index in [0.29, 0.717) is 5.56 Å². The second kappa shape index (κ2) is 10.8. The number of halogens is 1. The van der Waals surface area contributed by atoms with Gasteiger partial charge in [-0.3, -0.25) is 19.2 Å². The molecule has 0 aliphatic rings. The molecule has 3 rings (SSSR count). The standard InChI is InChI=1S/C22H19ClN4O6S/c1-33-21-11-10-17(23)13-20(21)26(34(31,32)19-8-3-2-4-9-19)15-22(28)25-24-14-16-6-5-7-18(12-16)27(29)30/h2-14H,15H2,1H3,(H,25,28)/b24-14-. The molecule has 0 aliphatic heterocycles. The molecule has 0 saturated heterocycles. The number of non-ortho nitro benzene ring substituents is 1. The number of anilines is 1. The molecule has 0 bridgehead atoms. The van der Waals surface area contributed by atoms with E-state index >= 15 is 0 Å². The van der Waals surface area contributed by atoms with Crippen LogP contribution in [0.3, 0.4) is 0 Å². The Balaban J connectivity index is 1.89. The van der Waals surface area contributed by atoms with Gasteiger partial charge in [0, 0.05) is 22.7 Å². The maximum absolute atomic E-state index is 13.4. The number of sulfonamides is 1. The van der Waals surface area contributed by atoms with E-state index in [1.165, 1.54) is 61.9 Å². The number of nitro groups is 1. The van der Waals surface area contributed by atoms with E-state index < -0.39 is 27.4 Å². The first-order chi connectivity index (χ1) is 16.2. The van der Waals surface area contributed by atoms with Gasteiger partial charge in [0.2, 0.25) is 0 Å². The van der Waals surface area contributed by atoms with E-state index in [2.05, 4.69) is 10.5 Å². The summed E-state index contributed by atoms with van der Waals surface area (Å²) in [5.74, 6) is -0.569. The Bertz CT molecular complexity index is 1330. The molecule has 0 aliphatic carbocycles. The predicted molar refractivity (Wildman–Crippen MR) is 128 cm³/mol. The molecule has 0 unspecified atom stereocenters. The van der Waals surface area contributed by atoms with Gasteiger partial charge in [0.05, 0.1) is 28.8 Å². The van der Waals surface area contributed by atoms with E-state index in [0.717, 1.165) is 4.31 Å². The Morgan fingerprint density at radius 3 is 2.56 bits per heavy atom. The van der Waals surface area contributed by atoms with Crippen molar-refractivity contribution in [3.8, 4) is 5.75 Å². The fourth-order valence-corrected chi connectivity index (χ4v) is 4.55. The van der Waals surface area contributed by atoms with E-state index in [1.807, 2.05) is 0 Å². The minimum atomic E-state index is -4.18. The quantitative estimate of drug-likeness (QED) is 0.270. The molecule has 1 amide bonds. The van der Waals surface area contributed by atoms with Crippen molar-refractivity contribution in [2.75, 3.05) is 18.0 Å². The summed E-state index contributed by atoms with van der Waals surface area (Å²) in [6.45, 7) is -0.639. The Kier molecular flexibility index (Phi) is 7.82.